The lowest BCUT2D eigenvalue weighted by molar-refractivity contribution is -0.122. The fourth-order valence-corrected chi connectivity index (χ4v) is 4.96. The first kappa shape index (κ1) is 23.8. The summed E-state index contributed by atoms with van der Waals surface area (Å²) < 4.78 is 10.9. The highest BCUT2D eigenvalue weighted by Gasteiger charge is 2.25. The van der Waals surface area contributed by atoms with Crippen molar-refractivity contribution in [3.8, 4) is 11.1 Å². The summed E-state index contributed by atoms with van der Waals surface area (Å²) in [6.07, 6.45) is 13.2. The third kappa shape index (κ3) is 6.37. The number of anilines is 1. The first-order chi connectivity index (χ1) is 16.3. The number of amides is 1. The molecule has 0 radical (unpaired) electrons. The van der Waals surface area contributed by atoms with Crippen molar-refractivity contribution in [3.05, 3.63) is 42.5 Å². The average Bonchev–Trinajstić information content (AvgIpc) is 2.85. The van der Waals surface area contributed by atoms with Crippen LogP contribution in [0.5, 0.6) is 0 Å². The fourth-order valence-electron chi connectivity index (χ4n) is 4.96. The molecule has 1 aromatic carbocycles. The molecule has 1 amide bonds. The molecule has 0 bridgehead atoms. The van der Waals surface area contributed by atoms with Crippen molar-refractivity contribution in [1.29, 1.82) is 0 Å². The molecule has 33 heavy (non-hydrogen) atoms. The molecule has 2 aliphatic heterocycles. The monoisotopic (exact) mass is 452 g/mol. The summed E-state index contributed by atoms with van der Waals surface area (Å²) in [4.78, 5) is 26.0. The van der Waals surface area contributed by atoms with E-state index in [0.29, 0.717) is 6.04 Å². The Morgan fingerprint density at radius 1 is 1.03 bits per heavy atom. The zero-order valence-corrected chi connectivity index (χ0v) is 19.7. The van der Waals surface area contributed by atoms with Gasteiger partial charge in [-0.05, 0) is 55.5 Å². The molecule has 7 heteroatoms. The standard InChI is InChI=1S/C26H36N4O3/c1-32-19-26(31)30-12-6-4-2-3-5-11-29(24-9-13-33-14-10-24)18-22-15-21(7-8-25(22)30)23-16-27-20-28-17-23/h7-8,15-17,20,24H,2-6,9-14,18-19H2,1H3. The molecule has 0 spiro atoms. The van der Waals surface area contributed by atoms with Gasteiger partial charge in [0.1, 0.15) is 12.9 Å². The Bertz CT molecular complexity index is 886. The lowest BCUT2D eigenvalue weighted by Crippen LogP contribution is -2.41. The molecule has 0 atom stereocenters. The van der Waals surface area contributed by atoms with Gasteiger partial charge in [-0.15, -0.1) is 0 Å². The van der Waals surface area contributed by atoms with Crippen molar-refractivity contribution in [1.82, 2.24) is 14.9 Å². The van der Waals surface area contributed by atoms with E-state index in [9.17, 15) is 4.79 Å². The Morgan fingerprint density at radius 3 is 2.52 bits per heavy atom. The van der Waals surface area contributed by atoms with Crippen LogP contribution in [-0.2, 0) is 20.8 Å². The predicted octanol–water partition coefficient (Wildman–Crippen LogP) is 4.07. The van der Waals surface area contributed by atoms with Crippen molar-refractivity contribution in [2.24, 2.45) is 0 Å². The van der Waals surface area contributed by atoms with Crippen molar-refractivity contribution in [2.75, 3.05) is 44.9 Å². The number of aromatic nitrogens is 2. The highest BCUT2D eigenvalue weighted by molar-refractivity contribution is 5.95. The Balaban J connectivity index is 1.73. The Morgan fingerprint density at radius 2 is 1.76 bits per heavy atom. The average molecular weight is 453 g/mol. The minimum atomic E-state index is 0.0178. The lowest BCUT2D eigenvalue weighted by atomic mass is 9.99. The maximum Gasteiger partial charge on any atom is 0.252 e. The fraction of sp³-hybridized carbons (Fsp3) is 0.577. The quantitative estimate of drug-likeness (QED) is 0.697. The van der Waals surface area contributed by atoms with Crippen LogP contribution in [0.4, 0.5) is 5.69 Å². The van der Waals surface area contributed by atoms with E-state index < -0.39 is 0 Å². The highest BCUT2D eigenvalue weighted by atomic mass is 16.5. The lowest BCUT2D eigenvalue weighted by Gasteiger charge is -2.36. The smallest absolute Gasteiger partial charge is 0.252 e. The van der Waals surface area contributed by atoms with Gasteiger partial charge in [0.15, 0.2) is 0 Å². The van der Waals surface area contributed by atoms with Crippen LogP contribution in [0.2, 0.25) is 0 Å². The van der Waals surface area contributed by atoms with Gasteiger partial charge in [-0.1, -0.05) is 25.3 Å². The number of hydrogen-bond acceptors (Lipinski definition) is 6. The van der Waals surface area contributed by atoms with Gasteiger partial charge in [0.05, 0.1) is 0 Å². The van der Waals surface area contributed by atoms with Crippen molar-refractivity contribution >= 4 is 11.6 Å². The number of ether oxygens (including phenoxy) is 2. The minimum absolute atomic E-state index is 0.0178. The molecule has 1 fully saturated rings. The SMILES string of the molecule is COCC(=O)N1CCCCCCCN(C2CCOCC2)Cc2cc(-c3cncnc3)ccc21. The summed E-state index contributed by atoms with van der Waals surface area (Å²) >= 11 is 0. The van der Waals surface area contributed by atoms with Crippen LogP contribution in [0.1, 0.15) is 50.5 Å². The largest absolute Gasteiger partial charge is 0.381 e. The van der Waals surface area contributed by atoms with E-state index in [0.717, 1.165) is 75.3 Å². The summed E-state index contributed by atoms with van der Waals surface area (Å²) in [6, 6.07) is 6.91. The van der Waals surface area contributed by atoms with Gasteiger partial charge in [-0.2, -0.15) is 0 Å². The number of rotatable bonds is 4. The number of nitrogens with zero attached hydrogens (tertiary/aromatic N) is 4. The number of hydrogen-bond donors (Lipinski definition) is 0. The van der Waals surface area contributed by atoms with E-state index in [1.54, 1.807) is 13.4 Å². The molecule has 1 aromatic heterocycles. The Hall–Kier alpha value is -2.35. The summed E-state index contributed by atoms with van der Waals surface area (Å²) in [5.41, 5.74) is 4.23. The number of fused-ring (bicyclic) bond motifs is 1. The summed E-state index contributed by atoms with van der Waals surface area (Å²) in [5, 5.41) is 0. The Kier molecular flexibility index (Phi) is 8.80. The molecule has 7 nitrogen and oxygen atoms in total. The number of carbonyl (C=O) groups is 1. The maximum atomic E-state index is 13.1. The summed E-state index contributed by atoms with van der Waals surface area (Å²) in [6.45, 7) is 4.37. The van der Waals surface area contributed by atoms with Crippen LogP contribution in [0.25, 0.3) is 11.1 Å². The van der Waals surface area contributed by atoms with E-state index in [4.69, 9.17) is 9.47 Å². The second-order valence-corrected chi connectivity index (χ2v) is 9.03. The number of benzene rings is 1. The zero-order valence-electron chi connectivity index (χ0n) is 19.7. The van der Waals surface area contributed by atoms with Crippen LogP contribution in [0.15, 0.2) is 36.9 Å². The van der Waals surface area contributed by atoms with Crippen molar-refractivity contribution in [3.63, 3.8) is 0 Å². The van der Waals surface area contributed by atoms with Crippen LogP contribution in [-0.4, -0.2) is 66.8 Å². The van der Waals surface area contributed by atoms with Crippen LogP contribution in [0.3, 0.4) is 0 Å². The molecule has 1 saturated heterocycles. The van der Waals surface area contributed by atoms with E-state index in [2.05, 4.69) is 33.1 Å². The first-order valence-electron chi connectivity index (χ1n) is 12.3. The van der Waals surface area contributed by atoms with Crippen LogP contribution < -0.4 is 4.90 Å². The second kappa shape index (κ2) is 12.2. The molecular formula is C26H36N4O3. The predicted molar refractivity (Wildman–Crippen MR) is 129 cm³/mol. The van der Waals surface area contributed by atoms with Crippen molar-refractivity contribution < 1.29 is 14.3 Å². The van der Waals surface area contributed by atoms with Crippen LogP contribution in [0, 0.1) is 0 Å². The molecule has 0 aliphatic carbocycles. The molecule has 4 rings (SSSR count). The van der Waals surface area contributed by atoms with E-state index in [1.165, 1.54) is 24.8 Å². The van der Waals surface area contributed by atoms with Gasteiger partial charge in [0.2, 0.25) is 0 Å². The molecule has 3 heterocycles. The summed E-state index contributed by atoms with van der Waals surface area (Å²) in [5.74, 6) is 0.0178. The molecule has 0 N–H and O–H groups in total. The molecule has 0 unspecified atom stereocenters. The van der Waals surface area contributed by atoms with Gasteiger partial charge in [0.25, 0.3) is 5.91 Å². The number of methoxy groups -OCH3 is 1. The number of carbonyl (C=O) groups excluding carboxylic acids is 1. The molecule has 0 saturated carbocycles. The third-order valence-electron chi connectivity index (χ3n) is 6.74. The van der Waals surface area contributed by atoms with Gasteiger partial charge < -0.3 is 14.4 Å². The van der Waals surface area contributed by atoms with Crippen molar-refractivity contribution in [2.45, 2.75) is 57.5 Å². The summed E-state index contributed by atoms with van der Waals surface area (Å²) in [7, 11) is 1.58. The molecule has 178 valence electrons. The van der Waals surface area contributed by atoms with E-state index in [-0.39, 0.29) is 12.5 Å². The second-order valence-electron chi connectivity index (χ2n) is 9.03. The van der Waals surface area contributed by atoms with E-state index in [1.807, 2.05) is 17.3 Å². The Labute approximate surface area is 197 Å². The topological polar surface area (TPSA) is 67.8 Å². The molecular weight excluding hydrogens is 416 g/mol. The molecule has 2 aromatic rings. The van der Waals surface area contributed by atoms with E-state index >= 15 is 0 Å². The van der Waals surface area contributed by atoms with Gasteiger partial charge >= 0.3 is 0 Å². The van der Waals surface area contributed by atoms with Gasteiger partial charge in [-0.25, -0.2) is 9.97 Å². The minimum Gasteiger partial charge on any atom is -0.381 e. The van der Waals surface area contributed by atoms with Gasteiger partial charge in [0, 0.05) is 63.1 Å². The molecule has 2 aliphatic rings. The third-order valence-corrected chi connectivity index (χ3v) is 6.74. The van der Waals surface area contributed by atoms with Crippen LogP contribution >= 0.6 is 0 Å². The van der Waals surface area contributed by atoms with Gasteiger partial charge in [-0.3, -0.25) is 9.69 Å². The normalized spacial score (nSPS) is 19.4. The first-order valence-corrected chi connectivity index (χ1v) is 12.3. The highest BCUT2D eigenvalue weighted by Crippen LogP contribution is 2.31. The maximum absolute atomic E-state index is 13.1. The zero-order chi connectivity index (χ0) is 22.9.